The molecule has 160 valence electrons. The summed E-state index contributed by atoms with van der Waals surface area (Å²) in [4.78, 5) is 26.4. The van der Waals surface area contributed by atoms with Crippen molar-refractivity contribution in [2.45, 2.75) is 39.2 Å². The lowest BCUT2D eigenvalue weighted by Crippen LogP contribution is -2.38. The van der Waals surface area contributed by atoms with Gasteiger partial charge in [0.2, 0.25) is 11.7 Å². The van der Waals surface area contributed by atoms with E-state index in [0.717, 1.165) is 0 Å². The molecule has 0 aromatic heterocycles. The molecular weight excluding hydrogens is 407 g/mol. The van der Waals surface area contributed by atoms with Gasteiger partial charge in [-0.1, -0.05) is 6.07 Å². The Morgan fingerprint density at radius 2 is 1.60 bits per heavy atom. The molecule has 0 fully saturated rings. The minimum atomic E-state index is -2.27. The SMILES string of the molecule is CC(C)NC(=O)c1cccc2c1CCCN2C(=O)Cc1c(F)c(F)c(F)c(F)c1F. The number of nitrogens with one attached hydrogen (secondary N) is 1. The summed E-state index contributed by atoms with van der Waals surface area (Å²) in [6.07, 6.45) is -0.0290. The number of amides is 2. The highest BCUT2D eigenvalue weighted by molar-refractivity contribution is 6.01. The zero-order chi connectivity index (χ0) is 22.2. The van der Waals surface area contributed by atoms with Crippen LogP contribution in [0.5, 0.6) is 0 Å². The number of nitrogens with zero attached hydrogens (tertiary/aromatic N) is 1. The summed E-state index contributed by atoms with van der Waals surface area (Å²) >= 11 is 0. The molecule has 1 N–H and O–H groups in total. The molecular formula is C21H19F5N2O2. The maximum Gasteiger partial charge on any atom is 0.251 e. The van der Waals surface area contributed by atoms with Gasteiger partial charge in [0.25, 0.3) is 5.91 Å². The second-order valence-electron chi connectivity index (χ2n) is 7.31. The first-order chi connectivity index (χ1) is 14.1. The number of hydrogen-bond donors (Lipinski definition) is 1. The van der Waals surface area contributed by atoms with E-state index in [1.807, 2.05) is 0 Å². The fourth-order valence-electron chi connectivity index (χ4n) is 3.49. The zero-order valence-corrected chi connectivity index (χ0v) is 16.3. The van der Waals surface area contributed by atoms with Crippen molar-refractivity contribution in [2.24, 2.45) is 0 Å². The molecule has 0 atom stereocenters. The third kappa shape index (κ3) is 3.88. The maximum absolute atomic E-state index is 14.0. The lowest BCUT2D eigenvalue weighted by molar-refractivity contribution is -0.118. The van der Waals surface area contributed by atoms with Crippen LogP contribution < -0.4 is 10.2 Å². The molecule has 1 aliphatic rings. The van der Waals surface area contributed by atoms with Crippen LogP contribution >= 0.6 is 0 Å². The Morgan fingerprint density at radius 3 is 2.20 bits per heavy atom. The van der Waals surface area contributed by atoms with Crippen LogP contribution in [0.4, 0.5) is 27.6 Å². The molecule has 0 radical (unpaired) electrons. The van der Waals surface area contributed by atoms with Crippen LogP contribution in [0, 0.1) is 29.1 Å². The Balaban J connectivity index is 1.95. The highest BCUT2D eigenvalue weighted by atomic mass is 19.2. The second-order valence-corrected chi connectivity index (χ2v) is 7.31. The quantitative estimate of drug-likeness (QED) is 0.456. The fourth-order valence-corrected chi connectivity index (χ4v) is 3.49. The van der Waals surface area contributed by atoms with E-state index in [1.54, 1.807) is 32.0 Å². The van der Waals surface area contributed by atoms with E-state index < -0.39 is 47.0 Å². The molecule has 9 heteroatoms. The van der Waals surface area contributed by atoms with Crippen molar-refractivity contribution in [3.63, 3.8) is 0 Å². The molecule has 2 amide bonds. The lowest BCUT2D eigenvalue weighted by Gasteiger charge is -2.31. The minimum absolute atomic E-state index is 0.107. The molecule has 0 bridgehead atoms. The molecule has 1 heterocycles. The van der Waals surface area contributed by atoms with Crippen molar-refractivity contribution in [1.29, 1.82) is 0 Å². The molecule has 0 spiro atoms. The van der Waals surface area contributed by atoms with Crippen molar-refractivity contribution in [3.05, 3.63) is 64.0 Å². The van der Waals surface area contributed by atoms with Crippen LogP contribution in [0.25, 0.3) is 0 Å². The van der Waals surface area contributed by atoms with Gasteiger partial charge in [-0.3, -0.25) is 9.59 Å². The predicted molar refractivity (Wildman–Crippen MR) is 99.7 cm³/mol. The topological polar surface area (TPSA) is 49.4 Å². The van der Waals surface area contributed by atoms with E-state index in [2.05, 4.69) is 5.32 Å². The predicted octanol–water partition coefficient (Wildman–Crippen LogP) is 4.04. The Kier molecular flexibility index (Phi) is 6.09. The summed E-state index contributed by atoms with van der Waals surface area (Å²) in [5.41, 5.74) is 0.159. The molecule has 0 aliphatic carbocycles. The molecule has 1 aliphatic heterocycles. The lowest BCUT2D eigenvalue weighted by atomic mass is 9.95. The van der Waals surface area contributed by atoms with E-state index >= 15 is 0 Å². The first kappa shape index (κ1) is 21.7. The molecule has 2 aromatic rings. The fraction of sp³-hybridized carbons (Fsp3) is 0.333. The van der Waals surface area contributed by atoms with Crippen molar-refractivity contribution < 1.29 is 31.5 Å². The van der Waals surface area contributed by atoms with Crippen LogP contribution in [0.2, 0.25) is 0 Å². The molecule has 0 unspecified atom stereocenters. The average Bonchev–Trinajstić information content (AvgIpc) is 2.72. The monoisotopic (exact) mass is 426 g/mol. The summed E-state index contributed by atoms with van der Waals surface area (Å²) in [6.45, 7) is 3.79. The number of carbonyl (C=O) groups is 2. The number of hydrogen-bond acceptors (Lipinski definition) is 2. The third-order valence-corrected chi connectivity index (χ3v) is 4.84. The van der Waals surface area contributed by atoms with Gasteiger partial charge in [-0.05, 0) is 44.4 Å². The van der Waals surface area contributed by atoms with E-state index in [4.69, 9.17) is 0 Å². The van der Waals surface area contributed by atoms with Crippen molar-refractivity contribution in [1.82, 2.24) is 5.32 Å². The molecule has 3 rings (SSSR count). The minimum Gasteiger partial charge on any atom is -0.350 e. The van der Waals surface area contributed by atoms with Gasteiger partial charge in [-0.15, -0.1) is 0 Å². The maximum atomic E-state index is 14.0. The van der Waals surface area contributed by atoms with E-state index in [9.17, 15) is 31.5 Å². The van der Waals surface area contributed by atoms with Crippen molar-refractivity contribution >= 4 is 17.5 Å². The Bertz CT molecular complexity index is 994. The van der Waals surface area contributed by atoms with Crippen LogP contribution in [-0.4, -0.2) is 24.4 Å². The van der Waals surface area contributed by atoms with E-state index in [0.29, 0.717) is 29.7 Å². The van der Waals surface area contributed by atoms with Crippen LogP contribution in [0.3, 0.4) is 0 Å². The molecule has 0 saturated heterocycles. The molecule has 4 nitrogen and oxygen atoms in total. The van der Waals surface area contributed by atoms with E-state index in [-0.39, 0.29) is 18.5 Å². The van der Waals surface area contributed by atoms with Gasteiger partial charge in [-0.2, -0.15) is 0 Å². The summed E-state index contributed by atoms with van der Waals surface area (Å²) in [5, 5.41) is 2.77. The van der Waals surface area contributed by atoms with Crippen molar-refractivity contribution in [2.75, 3.05) is 11.4 Å². The number of anilines is 1. The number of carbonyl (C=O) groups excluding carboxylic acids is 2. The van der Waals surface area contributed by atoms with Gasteiger partial charge in [-0.25, -0.2) is 22.0 Å². The standard InChI is InChI=1S/C21H19F5N2O2/c1-10(2)27-21(30)12-5-3-7-14-11(12)6-4-8-28(14)15(29)9-13-16(22)18(24)20(26)19(25)17(13)23/h3,5,7,10H,4,6,8-9H2,1-2H3,(H,27,30). The number of rotatable bonds is 4. The van der Waals surface area contributed by atoms with Crippen molar-refractivity contribution in [3.8, 4) is 0 Å². The zero-order valence-electron chi connectivity index (χ0n) is 16.3. The van der Waals surface area contributed by atoms with E-state index in [1.165, 1.54) is 4.90 Å². The Morgan fingerprint density at radius 1 is 1.00 bits per heavy atom. The largest absolute Gasteiger partial charge is 0.350 e. The second kappa shape index (κ2) is 8.41. The average molecular weight is 426 g/mol. The first-order valence-electron chi connectivity index (χ1n) is 9.36. The smallest absolute Gasteiger partial charge is 0.251 e. The number of fused-ring (bicyclic) bond motifs is 1. The molecule has 0 saturated carbocycles. The highest BCUT2D eigenvalue weighted by Crippen LogP contribution is 2.31. The summed E-state index contributed by atoms with van der Waals surface area (Å²) in [6, 6.07) is 4.65. The highest BCUT2D eigenvalue weighted by Gasteiger charge is 2.31. The summed E-state index contributed by atoms with van der Waals surface area (Å²) in [5.74, 6) is -11.7. The van der Waals surface area contributed by atoms with Gasteiger partial charge >= 0.3 is 0 Å². The summed E-state index contributed by atoms with van der Waals surface area (Å²) in [7, 11) is 0. The summed E-state index contributed by atoms with van der Waals surface area (Å²) < 4.78 is 68.1. The number of benzene rings is 2. The molecule has 30 heavy (non-hydrogen) atoms. The first-order valence-corrected chi connectivity index (χ1v) is 9.36. The van der Waals surface area contributed by atoms with Gasteiger partial charge in [0, 0.05) is 29.4 Å². The normalized spacial score (nSPS) is 13.4. The van der Waals surface area contributed by atoms with Crippen LogP contribution in [0.1, 0.15) is 41.8 Å². The van der Waals surface area contributed by atoms with Gasteiger partial charge < -0.3 is 10.2 Å². The van der Waals surface area contributed by atoms with Crippen LogP contribution in [0.15, 0.2) is 18.2 Å². The Hall–Kier alpha value is -2.97. The molecule has 2 aromatic carbocycles. The van der Waals surface area contributed by atoms with Gasteiger partial charge in [0.05, 0.1) is 6.42 Å². The van der Waals surface area contributed by atoms with Gasteiger partial charge in [0.15, 0.2) is 23.3 Å². The number of halogens is 5. The van der Waals surface area contributed by atoms with Crippen LogP contribution in [-0.2, 0) is 17.6 Å². The third-order valence-electron chi connectivity index (χ3n) is 4.84. The van der Waals surface area contributed by atoms with Gasteiger partial charge in [0.1, 0.15) is 0 Å². The Labute approximate surface area is 169 Å².